The van der Waals surface area contributed by atoms with E-state index in [2.05, 4.69) is 5.32 Å². The van der Waals surface area contributed by atoms with Crippen LogP contribution in [0.15, 0.2) is 0 Å². The van der Waals surface area contributed by atoms with Crippen molar-refractivity contribution in [2.45, 2.75) is 33.1 Å². The Morgan fingerprint density at radius 1 is 1.43 bits per heavy atom. The van der Waals surface area contributed by atoms with Gasteiger partial charge in [0.1, 0.15) is 0 Å². The van der Waals surface area contributed by atoms with Gasteiger partial charge in [0, 0.05) is 19.6 Å². The van der Waals surface area contributed by atoms with Crippen LogP contribution >= 0.6 is 0 Å². The Balaban J connectivity index is 2.55. The normalized spacial score (nSPS) is 21.3. The molecule has 1 saturated heterocycles. The van der Waals surface area contributed by atoms with Crippen LogP contribution in [-0.2, 0) is 14.3 Å². The summed E-state index contributed by atoms with van der Waals surface area (Å²) < 4.78 is 4.71. The molecule has 2 unspecified atom stereocenters. The highest BCUT2D eigenvalue weighted by molar-refractivity contribution is 5.79. The van der Waals surface area contributed by atoms with Gasteiger partial charge < -0.3 is 20.1 Å². The number of piperidine rings is 1. The number of carboxylic acid groups (broad SMARTS) is 1. The van der Waals surface area contributed by atoms with Gasteiger partial charge in [-0.05, 0) is 26.2 Å². The van der Waals surface area contributed by atoms with E-state index >= 15 is 0 Å². The number of ether oxygens (including phenoxy) is 1. The summed E-state index contributed by atoms with van der Waals surface area (Å²) in [5.74, 6) is -1.54. The number of nitrogens with one attached hydrogen (secondary N) is 1. The van der Waals surface area contributed by atoms with Crippen molar-refractivity contribution in [1.82, 2.24) is 10.2 Å². The third kappa shape index (κ3) is 4.34. The quantitative estimate of drug-likeness (QED) is 0.741. The Hall–Kier alpha value is -1.79. The first kappa shape index (κ1) is 17.3. The lowest BCUT2D eigenvalue weighted by Gasteiger charge is -2.32. The minimum Gasteiger partial charge on any atom is -0.481 e. The second-order valence-electron chi connectivity index (χ2n) is 5.69. The molecule has 2 amide bonds. The van der Waals surface area contributed by atoms with Gasteiger partial charge in [-0.3, -0.25) is 9.59 Å². The fourth-order valence-corrected chi connectivity index (χ4v) is 2.25. The Bertz CT molecular complexity index is 412. The molecule has 0 aliphatic carbocycles. The van der Waals surface area contributed by atoms with Crippen molar-refractivity contribution in [2.24, 2.45) is 11.3 Å². The van der Waals surface area contributed by atoms with Gasteiger partial charge in [-0.25, -0.2) is 4.79 Å². The number of aliphatic carboxylic acids is 1. The molecule has 7 nitrogen and oxygen atoms in total. The van der Waals surface area contributed by atoms with Crippen LogP contribution in [0.3, 0.4) is 0 Å². The zero-order valence-electron chi connectivity index (χ0n) is 12.8. The highest BCUT2D eigenvalue weighted by atomic mass is 16.5. The largest absolute Gasteiger partial charge is 0.481 e. The number of carboxylic acids is 1. The van der Waals surface area contributed by atoms with Crippen molar-refractivity contribution in [2.75, 3.05) is 26.7 Å². The molecule has 1 heterocycles. The number of hydrogen-bond donors (Lipinski definition) is 2. The maximum absolute atomic E-state index is 12.1. The number of rotatable bonds is 5. The van der Waals surface area contributed by atoms with E-state index in [0.717, 1.165) is 6.42 Å². The molecule has 0 bridgehead atoms. The first-order valence-electron chi connectivity index (χ1n) is 7.18. The summed E-state index contributed by atoms with van der Waals surface area (Å²) in [6, 6.07) is -0.329. The number of esters is 1. The lowest BCUT2D eigenvalue weighted by atomic mass is 9.88. The zero-order chi connectivity index (χ0) is 16.0. The molecule has 1 aliphatic rings. The molecule has 7 heteroatoms. The predicted octanol–water partition coefficient (Wildman–Crippen LogP) is 1.08. The maximum atomic E-state index is 12.1. The van der Waals surface area contributed by atoms with E-state index in [0.29, 0.717) is 25.9 Å². The van der Waals surface area contributed by atoms with Crippen LogP contribution in [0.25, 0.3) is 0 Å². The molecule has 120 valence electrons. The number of carbonyl (C=O) groups excluding carboxylic acids is 2. The molecule has 0 aromatic carbocycles. The van der Waals surface area contributed by atoms with E-state index in [9.17, 15) is 19.5 Å². The molecule has 2 N–H and O–H groups in total. The molecule has 2 atom stereocenters. The van der Waals surface area contributed by atoms with E-state index in [-0.39, 0.29) is 24.5 Å². The van der Waals surface area contributed by atoms with Crippen molar-refractivity contribution < 1.29 is 24.2 Å². The minimum absolute atomic E-state index is 0.0665. The lowest BCUT2D eigenvalue weighted by Crippen LogP contribution is -2.50. The van der Waals surface area contributed by atoms with Gasteiger partial charge in [0.25, 0.3) is 0 Å². The Morgan fingerprint density at radius 2 is 2.10 bits per heavy atom. The monoisotopic (exact) mass is 300 g/mol. The van der Waals surface area contributed by atoms with Gasteiger partial charge in [0.15, 0.2) is 0 Å². The Labute approximate surface area is 124 Å². The molecule has 0 aromatic heterocycles. The van der Waals surface area contributed by atoms with Crippen molar-refractivity contribution in [3.8, 4) is 0 Å². The summed E-state index contributed by atoms with van der Waals surface area (Å²) >= 11 is 0. The van der Waals surface area contributed by atoms with Crippen LogP contribution in [0, 0.1) is 11.3 Å². The standard InChI is InChI=1S/C14H24N2O5/c1-4-14(2,12(18)19)9-15-13(20)16-7-5-6-10(8-16)11(17)21-3/h10H,4-9H2,1-3H3,(H,15,20)(H,18,19). The van der Waals surface area contributed by atoms with Crippen LogP contribution in [0.5, 0.6) is 0 Å². The number of likely N-dealkylation sites (tertiary alicyclic amines) is 1. The van der Waals surface area contributed by atoms with Gasteiger partial charge >= 0.3 is 18.0 Å². The second kappa shape index (κ2) is 7.28. The third-order valence-corrected chi connectivity index (χ3v) is 4.17. The van der Waals surface area contributed by atoms with Gasteiger partial charge in [0.2, 0.25) is 0 Å². The van der Waals surface area contributed by atoms with Crippen molar-refractivity contribution in [3.05, 3.63) is 0 Å². The molecule has 0 spiro atoms. The number of hydrogen-bond acceptors (Lipinski definition) is 4. The number of urea groups is 1. The van der Waals surface area contributed by atoms with Crippen molar-refractivity contribution in [1.29, 1.82) is 0 Å². The Morgan fingerprint density at radius 3 is 2.62 bits per heavy atom. The van der Waals surface area contributed by atoms with Crippen LogP contribution in [-0.4, -0.2) is 54.7 Å². The lowest BCUT2D eigenvalue weighted by molar-refractivity contribution is -0.148. The summed E-state index contributed by atoms with van der Waals surface area (Å²) in [5.41, 5.74) is -0.979. The first-order chi connectivity index (χ1) is 9.84. The minimum atomic E-state index is -0.979. The second-order valence-corrected chi connectivity index (χ2v) is 5.69. The maximum Gasteiger partial charge on any atom is 0.317 e. The summed E-state index contributed by atoms with van der Waals surface area (Å²) in [5, 5.41) is 11.8. The van der Waals surface area contributed by atoms with Gasteiger partial charge in [-0.1, -0.05) is 6.92 Å². The van der Waals surface area contributed by atoms with E-state index in [4.69, 9.17) is 4.74 Å². The number of amides is 2. The van der Waals surface area contributed by atoms with Crippen molar-refractivity contribution >= 4 is 18.0 Å². The molecular weight excluding hydrogens is 276 g/mol. The zero-order valence-corrected chi connectivity index (χ0v) is 12.8. The van der Waals surface area contributed by atoms with E-state index in [1.165, 1.54) is 7.11 Å². The van der Waals surface area contributed by atoms with Crippen LogP contribution in [0.2, 0.25) is 0 Å². The number of nitrogens with zero attached hydrogens (tertiary/aromatic N) is 1. The molecular formula is C14H24N2O5. The third-order valence-electron chi connectivity index (χ3n) is 4.17. The van der Waals surface area contributed by atoms with Crippen LogP contribution < -0.4 is 5.32 Å². The fourth-order valence-electron chi connectivity index (χ4n) is 2.25. The van der Waals surface area contributed by atoms with E-state index in [1.807, 2.05) is 0 Å². The molecule has 1 rings (SSSR count). The SMILES string of the molecule is CCC(C)(CNC(=O)N1CCCC(C(=O)OC)C1)C(=O)O. The summed E-state index contributed by atoms with van der Waals surface area (Å²) in [6.07, 6.45) is 1.86. The first-order valence-corrected chi connectivity index (χ1v) is 7.18. The molecule has 0 aromatic rings. The summed E-state index contributed by atoms with van der Waals surface area (Å²) in [7, 11) is 1.33. The molecule has 1 fully saturated rings. The smallest absolute Gasteiger partial charge is 0.317 e. The summed E-state index contributed by atoms with van der Waals surface area (Å²) in [6.45, 7) is 4.32. The summed E-state index contributed by atoms with van der Waals surface area (Å²) in [4.78, 5) is 36.4. The number of carbonyl (C=O) groups is 3. The van der Waals surface area contributed by atoms with E-state index < -0.39 is 11.4 Å². The average molecular weight is 300 g/mol. The number of methoxy groups -OCH3 is 1. The molecule has 1 aliphatic heterocycles. The van der Waals surface area contributed by atoms with Gasteiger partial charge in [-0.2, -0.15) is 0 Å². The molecule has 0 radical (unpaired) electrons. The van der Waals surface area contributed by atoms with Gasteiger partial charge in [0.05, 0.1) is 18.4 Å². The molecule has 21 heavy (non-hydrogen) atoms. The molecule has 0 saturated carbocycles. The Kier molecular flexibility index (Phi) is 5.99. The van der Waals surface area contributed by atoms with E-state index in [1.54, 1.807) is 18.7 Å². The highest BCUT2D eigenvalue weighted by Crippen LogP contribution is 2.21. The average Bonchev–Trinajstić information content (AvgIpc) is 2.51. The fraction of sp³-hybridized carbons (Fsp3) is 0.786. The van der Waals surface area contributed by atoms with Gasteiger partial charge in [-0.15, -0.1) is 0 Å². The van der Waals surface area contributed by atoms with Crippen LogP contribution in [0.4, 0.5) is 4.79 Å². The van der Waals surface area contributed by atoms with Crippen LogP contribution in [0.1, 0.15) is 33.1 Å². The predicted molar refractivity (Wildman–Crippen MR) is 75.7 cm³/mol. The topological polar surface area (TPSA) is 95.9 Å². The highest BCUT2D eigenvalue weighted by Gasteiger charge is 2.33. The van der Waals surface area contributed by atoms with Crippen molar-refractivity contribution in [3.63, 3.8) is 0 Å².